The van der Waals surface area contributed by atoms with Gasteiger partial charge in [0.1, 0.15) is 0 Å². The average Bonchev–Trinajstić information content (AvgIpc) is 2.76. The summed E-state index contributed by atoms with van der Waals surface area (Å²) in [5.74, 6) is 0.237. The van der Waals surface area contributed by atoms with E-state index in [1.165, 1.54) is 22.3 Å². The van der Waals surface area contributed by atoms with Crippen LogP contribution in [-0.2, 0) is 10.0 Å². The van der Waals surface area contributed by atoms with E-state index in [0.29, 0.717) is 18.0 Å². The van der Waals surface area contributed by atoms with E-state index in [9.17, 15) is 8.42 Å². The van der Waals surface area contributed by atoms with E-state index in [4.69, 9.17) is 0 Å². The van der Waals surface area contributed by atoms with Gasteiger partial charge in [-0.2, -0.15) is 4.31 Å². The number of nitrogens with zero attached hydrogens (tertiary/aromatic N) is 1. The van der Waals surface area contributed by atoms with Gasteiger partial charge in [-0.05, 0) is 41.3 Å². The highest BCUT2D eigenvalue weighted by molar-refractivity contribution is 7.89. The second-order valence-electron chi connectivity index (χ2n) is 7.90. The Morgan fingerprint density at radius 2 is 1.45 bits per heavy atom. The maximum absolute atomic E-state index is 13.2. The number of aryl methyl sites for hydroxylation is 1. The Kier molecular flexibility index (Phi) is 4.54. The third kappa shape index (κ3) is 3.01. The van der Waals surface area contributed by atoms with Crippen LogP contribution in [0.5, 0.6) is 0 Å². The molecule has 29 heavy (non-hydrogen) atoms. The molecule has 1 unspecified atom stereocenters. The van der Waals surface area contributed by atoms with Crippen LogP contribution in [0.3, 0.4) is 0 Å². The van der Waals surface area contributed by atoms with Crippen molar-refractivity contribution in [2.45, 2.75) is 29.8 Å². The van der Waals surface area contributed by atoms with Gasteiger partial charge >= 0.3 is 0 Å². The monoisotopic (exact) mass is 404 g/mol. The quantitative estimate of drug-likeness (QED) is 0.720. The molecule has 5 heteroatoms. The third-order valence-corrected chi connectivity index (χ3v) is 8.22. The predicted molar refractivity (Wildman–Crippen MR) is 115 cm³/mol. The van der Waals surface area contributed by atoms with Crippen LogP contribution in [0, 0.1) is 6.92 Å². The average molecular weight is 405 g/mol. The molecule has 0 radical (unpaired) electrons. The fourth-order valence-electron chi connectivity index (χ4n) is 4.83. The first-order valence-electron chi connectivity index (χ1n) is 10.0. The summed E-state index contributed by atoms with van der Waals surface area (Å²) in [6, 6.07) is 25.7. The lowest BCUT2D eigenvalue weighted by Crippen LogP contribution is -2.73. The number of piperidine rings is 1. The smallest absolute Gasteiger partial charge is 0.243 e. The number of hydrogen-bond donors (Lipinski definition) is 1. The number of fused-ring (bicyclic) bond motifs is 2. The number of sulfonamides is 1. The zero-order chi connectivity index (χ0) is 20.0. The molecule has 2 saturated heterocycles. The first kappa shape index (κ1) is 18.6. The number of hydrogen-bond acceptors (Lipinski definition) is 3. The summed E-state index contributed by atoms with van der Waals surface area (Å²) in [7, 11) is -3.47. The maximum atomic E-state index is 13.2. The van der Waals surface area contributed by atoms with Crippen LogP contribution < -0.4 is 5.32 Å². The van der Waals surface area contributed by atoms with Gasteiger partial charge in [-0.15, -0.1) is 0 Å². The van der Waals surface area contributed by atoms with Gasteiger partial charge in [0, 0.05) is 31.1 Å². The molecule has 0 spiro atoms. The van der Waals surface area contributed by atoms with E-state index in [1.54, 1.807) is 28.6 Å². The topological polar surface area (TPSA) is 49.4 Å². The fraction of sp³-hybridized carbons (Fsp3) is 0.250. The van der Waals surface area contributed by atoms with Gasteiger partial charge in [-0.3, -0.25) is 0 Å². The Morgan fingerprint density at radius 3 is 2.10 bits per heavy atom. The molecule has 0 saturated carbocycles. The summed E-state index contributed by atoms with van der Waals surface area (Å²) < 4.78 is 28.1. The molecule has 2 bridgehead atoms. The highest BCUT2D eigenvalue weighted by Gasteiger charge is 2.56. The number of piperazine rings is 1. The second-order valence-corrected chi connectivity index (χ2v) is 9.75. The molecule has 2 heterocycles. The lowest BCUT2D eigenvalue weighted by Gasteiger charge is -2.57. The molecule has 148 valence electrons. The van der Waals surface area contributed by atoms with Gasteiger partial charge in [-0.1, -0.05) is 66.7 Å². The molecule has 2 fully saturated rings. The Balaban J connectivity index is 1.43. The molecule has 4 nitrogen and oxygen atoms in total. The van der Waals surface area contributed by atoms with Crippen LogP contribution in [0.2, 0.25) is 0 Å². The van der Waals surface area contributed by atoms with Crippen molar-refractivity contribution in [3.63, 3.8) is 0 Å². The summed E-state index contributed by atoms with van der Waals surface area (Å²) in [4.78, 5) is 0.380. The van der Waals surface area contributed by atoms with Crippen LogP contribution in [0.1, 0.15) is 17.0 Å². The van der Waals surface area contributed by atoms with Crippen molar-refractivity contribution in [3.8, 4) is 11.1 Å². The van der Waals surface area contributed by atoms with Crippen molar-refractivity contribution >= 4 is 10.0 Å². The molecule has 0 amide bonds. The highest BCUT2D eigenvalue weighted by atomic mass is 32.2. The highest BCUT2D eigenvalue weighted by Crippen LogP contribution is 2.46. The zero-order valence-corrected chi connectivity index (χ0v) is 17.1. The van der Waals surface area contributed by atoms with Crippen LogP contribution in [0.4, 0.5) is 0 Å². The molecule has 5 rings (SSSR count). The molecular formula is C24H24N2O2S. The Hall–Kier alpha value is -2.47. The van der Waals surface area contributed by atoms with E-state index in [1.807, 2.05) is 6.07 Å². The molecular weight excluding hydrogens is 380 g/mol. The number of rotatable bonds is 4. The first-order valence-corrected chi connectivity index (χ1v) is 11.5. The van der Waals surface area contributed by atoms with Crippen LogP contribution in [-0.4, -0.2) is 37.9 Å². The summed E-state index contributed by atoms with van der Waals surface area (Å²) in [6.45, 7) is 3.50. The van der Waals surface area contributed by atoms with E-state index < -0.39 is 10.0 Å². The lowest BCUT2D eigenvalue weighted by atomic mass is 9.74. The van der Waals surface area contributed by atoms with E-state index in [-0.39, 0.29) is 18.0 Å². The van der Waals surface area contributed by atoms with Gasteiger partial charge in [0.25, 0.3) is 0 Å². The number of nitrogens with one attached hydrogen (secondary N) is 1. The second kappa shape index (κ2) is 7.10. The normalized spacial score (nSPS) is 24.1. The largest absolute Gasteiger partial charge is 0.313 e. The van der Waals surface area contributed by atoms with Gasteiger partial charge in [0.05, 0.1) is 4.90 Å². The first-order chi connectivity index (χ1) is 14.1. The lowest BCUT2D eigenvalue weighted by molar-refractivity contribution is 0.0370. The molecule has 2 aliphatic rings. The van der Waals surface area contributed by atoms with Crippen molar-refractivity contribution < 1.29 is 8.42 Å². The molecule has 1 N–H and O–H groups in total. The molecule has 3 aromatic carbocycles. The molecule has 2 aliphatic heterocycles. The van der Waals surface area contributed by atoms with Crippen molar-refractivity contribution in [3.05, 3.63) is 90.0 Å². The minimum absolute atomic E-state index is 0.0386. The Labute approximate surface area is 172 Å². The molecule has 3 aromatic rings. The minimum atomic E-state index is -3.47. The third-order valence-electron chi connectivity index (χ3n) is 6.26. The van der Waals surface area contributed by atoms with Crippen molar-refractivity contribution in [1.82, 2.24) is 9.62 Å². The van der Waals surface area contributed by atoms with Gasteiger partial charge < -0.3 is 5.32 Å². The molecule has 0 aromatic heterocycles. The van der Waals surface area contributed by atoms with Crippen molar-refractivity contribution in [2.24, 2.45) is 0 Å². The SMILES string of the molecule is Cc1ccccc1-c1ccc(C2[C@H]3CNC[C@@H]2N3S(=O)(=O)c2ccccc2)cc1. The minimum Gasteiger partial charge on any atom is -0.313 e. The number of benzene rings is 3. The van der Waals surface area contributed by atoms with Gasteiger partial charge in [0.15, 0.2) is 0 Å². The molecule has 0 aliphatic carbocycles. The standard InChI is InChI=1S/C24H24N2O2S/c1-17-7-5-6-10-21(17)18-11-13-19(14-12-18)24-22-15-25-16-23(24)26(22)29(27,28)20-8-3-2-4-9-20/h2-14,22-25H,15-16H2,1H3/t22-,23+,24?. The van der Waals surface area contributed by atoms with E-state index in [0.717, 1.165) is 0 Å². The molecule has 3 atom stereocenters. The van der Waals surface area contributed by atoms with E-state index >= 15 is 0 Å². The van der Waals surface area contributed by atoms with Crippen LogP contribution >= 0.6 is 0 Å². The van der Waals surface area contributed by atoms with Gasteiger partial charge in [-0.25, -0.2) is 8.42 Å². The van der Waals surface area contributed by atoms with Crippen LogP contribution in [0.25, 0.3) is 11.1 Å². The summed E-state index contributed by atoms with van der Waals surface area (Å²) in [5.41, 5.74) is 4.91. The zero-order valence-electron chi connectivity index (χ0n) is 16.3. The Morgan fingerprint density at radius 1 is 0.828 bits per heavy atom. The van der Waals surface area contributed by atoms with Gasteiger partial charge in [0.2, 0.25) is 10.0 Å². The summed E-state index contributed by atoms with van der Waals surface area (Å²) in [6.07, 6.45) is 0. The van der Waals surface area contributed by atoms with Crippen molar-refractivity contribution in [1.29, 1.82) is 0 Å². The fourth-order valence-corrected chi connectivity index (χ4v) is 6.70. The summed E-state index contributed by atoms with van der Waals surface area (Å²) >= 11 is 0. The van der Waals surface area contributed by atoms with E-state index in [2.05, 4.69) is 60.8 Å². The Bertz CT molecular complexity index is 1120. The predicted octanol–water partition coefficient (Wildman–Crippen LogP) is 3.79. The summed E-state index contributed by atoms with van der Waals surface area (Å²) in [5, 5.41) is 3.38. The maximum Gasteiger partial charge on any atom is 0.243 e. The van der Waals surface area contributed by atoms with Crippen LogP contribution in [0.15, 0.2) is 83.8 Å². The van der Waals surface area contributed by atoms with Crippen molar-refractivity contribution in [2.75, 3.05) is 13.1 Å².